The van der Waals surface area contributed by atoms with Gasteiger partial charge in [-0.15, -0.1) is 0 Å². The second-order valence-electron chi connectivity index (χ2n) is 6.57. The quantitative estimate of drug-likeness (QED) is 0.904. The maximum absolute atomic E-state index is 11.5. The van der Waals surface area contributed by atoms with Gasteiger partial charge < -0.3 is 10.2 Å². The summed E-state index contributed by atoms with van der Waals surface area (Å²) in [6, 6.07) is 8.84. The van der Waals surface area contributed by atoms with E-state index in [1.54, 1.807) is 6.26 Å². The predicted octanol–water partition coefficient (Wildman–Crippen LogP) is 2.48. The first-order valence-corrected chi connectivity index (χ1v) is 10.0. The van der Waals surface area contributed by atoms with Gasteiger partial charge in [0.15, 0.2) is 0 Å². The van der Waals surface area contributed by atoms with E-state index in [1.165, 1.54) is 24.1 Å². The second kappa shape index (κ2) is 7.49. The highest BCUT2D eigenvalue weighted by Crippen LogP contribution is 2.22. The van der Waals surface area contributed by atoms with Gasteiger partial charge >= 0.3 is 0 Å². The van der Waals surface area contributed by atoms with Crippen LogP contribution >= 0.6 is 0 Å². The maximum Gasteiger partial charge on any atom is 0.0752 e. The molecule has 1 aromatic carbocycles. The third kappa shape index (κ3) is 4.05. The Balaban J connectivity index is 1.61. The first kappa shape index (κ1) is 17.2. The van der Waals surface area contributed by atoms with Crippen molar-refractivity contribution >= 4 is 16.5 Å². The topological polar surface area (TPSA) is 50.2 Å². The molecule has 1 aromatic heterocycles. The number of rotatable bonds is 5. The summed E-state index contributed by atoms with van der Waals surface area (Å²) in [5, 5.41) is 8.02. The highest BCUT2D eigenvalue weighted by molar-refractivity contribution is 7.84. The van der Waals surface area contributed by atoms with Crippen LogP contribution in [0.25, 0.3) is 0 Å². The van der Waals surface area contributed by atoms with E-state index < -0.39 is 10.8 Å². The lowest BCUT2D eigenvalue weighted by atomic mass is 10.0. The smallest absolute Gasteiger partial charge is 0.0752 e. The number of aryl methyl sites for hydroxylation is 1. The maximum atomic E-state index is 11.5. The Hall–Kier alpha value is -1.66. The van der Waals surface area contributed by atoms with Gasteiger partial charge in [-0.05, 0) is 37.5 Å². The summed E-state index contributed by atoms with van der Waals surface area (Å²) in [5.41, 5.74) is 2.44. The molecule has 1 saturated heterocycles. The fourth-order valence-corrected chi connectivity index (χ4v) is 3.84. The Morgan fingerprint density at radius 3 is 2.71 bits per heavy atom. The Labute approximate surface area is 146 Å². The molecule has 0 spiro atoms. The number of hydrogen-bond acceptors (Lipinski definition) is 4. The molecule has 5 nitrogen and oxygen atoms in total. The van der Waals surface area contributed by atoms with E-state index in [4.69, 9.17) is 0 Å². The van der Waals surface area contributed by atoms with Crippen molar-refractivity contribution in [1.82, 2.24) is 15.1 Å². The third-order valence-electron chi connectivity index (χ3n) is 4.68. The van der Waals surface area contributed by atoms with E-state index >= 15 is 0 Å². The SMILES string of the molecule is C[C@H](N[C@@H]1CCCN(c2cnn(C)c2)C1)c1ccc([S@@](C)=O)cc1. The number of aromatic nitrogens is 2. The van der Waals surface area contributed by atoms with Crippen molar-refractivity contribution in [2.75, 3.05) is 24.2 Å². The van der Waals surface area contributed by atoms with Crippen LogP contribution in [0.3, 0.4) is 0 Å². The van der Waals surface area contributed by atoms with Gasteiger partial charge in [0.25, 0.3) is 0 Å². The molecule has 2 heterocycles. The van der Waals surface area contributed by atoms with Gasteiger partial charge in [0.2, 0.25) is 0 Å². The van der Waals surface area contributed by atoms with Crippen LogP contribution in [-0.2, 0) is 17.8 Å². The zero-order chi connectivity index (χ0) is 17.1. The molecule has 6 heteroatoms. The summed E-state index contributed by atoms with van der Waals surface area (Å²) in [6.07, 6.45) is 8.11. The molecule has 0 radical (unpaired) electrons. The van der Waals surface area contributed by atoms with E-state index in [-0.39, 0.29) is 6.04 Å². The Bertz CT molecular complexity index is 697. The fourth-order valence-electron chi connectivity index (χ4n) is 3.32. The predicted molar refractivity (Wildman–Crippen MR) is 98.8 cm³/mol. The van der Waals surface area contributed by atoms with Gasteiger partial charge in [-0.25, -0.2) is 0 Å². The van der Waals surface area contributed by atoms with E-state index in [0.717, 1.165) is 18.0 Å². The van der Waals surface area contributed by atoms with Gasteiger partial charge in [0.1, 0.15) is 0 Å². The van der Waals surface area contributed by atoms with Gasteiger partial charge in [-0.3, -0.25) is 8.89 Å². The van der Waals surface area contributed by atoms with E-state index in [9.17, 15) is 4.21 Å². The number of nitrogens with one attached hydrogen (secondary N) is 1. The van der Waals surface area contributed by atoms with Gasteiger partial charge in [-0.2, -0.15) is 5.10 Å². The lowest BCUT2D eigenvalue weighted by Gasteiger charge is -2.35. The normalized spacial score (nSPS) is 20.8. The summed E-state index contributed by atoms with van der Waals surface area (Å²) in [7, 11) is 1.04. The van der Waals surface area contributed by atoms with Crippen LogP contribution in [0.4, 0.5) is 5.69 Å². The summed E-state index contributed by atoms with van der Waals surface area (Å²) < 4.78 is 13.4. The molecule has 0 saturated carbocycles. The highest BCUT2D eigenvalue weighted by Gasteiger charge is 2.22. The zero-order valence-electron chi connectivity index (χ0n) is 14.6. The summed E-state index contributed by atoms with van der Waals surface area (Å²) in [4.78, 5) is 3.29. The fraction of sp³-hybridized carbons (Fsp3) is 0.500. The average molecular weight is 347 g/mol. The minimum atomic E-state index is -0.916. The summed E-state index contributed by atoms with van der Waals surface area (Å²) in [6.45, 7) is 4.29. The molecule has 0 unspecified atom stereocenters. The summed E-state index contributed by atoms with van der Waals surface area (Å²) in [5.74, 6) is 0. The van der Waals surface area contributed by atoms with Crippen LogP contribution < -0.4 is 10.2 Å². The second-order valence-corrected chi connectivity index (χ2v) is 7.95. The molecule has 0 amide bonds. The Morgan fingerprint density at radius 1 is 1.33 bits per heavy atom. The third-order valence-corrected chi connectivity index (χ3v) is 5.61. The van der Waals surface area contributed by atoms with Gasteiger partial charge in [0.05, 0.1) is 11.9 Å². The molecule has 2 aromatic rings. The molecule has 3 atom stereocenters. The molecule has 24 heavy (non-hydrogen) atoms. The molecule has 0 bridgehead atoms. The Kier molecular flexibility index (Phi) is 5.36. The largest absolute Gasteiger partial charge is 0.367 e. The van der Waals surface area contributed by atoms with Gasteiger partial charge in [0, 0.05) is 60.4 Å². The summed E-state index contributed by atoms with van der Waals surface area (Å²) >= 11 is 0. The lowest BCUT2D eigenvalue weighted by Crippen LogP contribution is -2.46. The number of nitrogens with zero attached hydrogens (tertiary/aromatic N) is 3. The average Bonchev–Trinajstić information content (AvgIpc) is 3.02. The molecule has 1 fully saturated rings. The molecule has 1 aliphatic heterocycles. The first-order valence-electron chi connectivity index (χ1n) is 8.46. The van der Waals surface area contributed by atoms with Crippen molar-refractivity contribution in [3.8, 4) is 0 Å². The standard InChI is InChI=1S/C18H26N4OS/c1-14(15-6-8-18(9-7-15)24(3)23)20-16-5-4-10-22(12-16)17-11-19-21(2)13-17/h6-9,11,13-14,16,20H,4-5,10,12H2,1-3H3/t14-,16+,24+/m0/s1. The van der Waals surface area contributed by atoms with Crippen molar-refractivity contribution in [2.24, 2.45) is 7.05 Å². The van der Waals surface area contributed by atoms with Gasteiger partial charge in [-0.1, -0.05) is 12.1 Å². The zero-order valence-corrected chi connectivity index (χ0v) is 15.4. The number of piperidine rings is 1. The molecule has 1 N–H and O–H groups in total. The van der Waals surface area contributed by atoms with Crippen molar-refractivity contribution in [2.45, 2.75) is 36.7 Å². The molecular formula is C18H26N4OS. The van der Waals surface area contributed by atoms with Crippen molar-refractivity contribution in [1.29, 1.82) is 0 Å². The van der Waals surface area contributed by atoms with Crippen LogP contribution in [-0.4, -0.2) is 39.4 Å². The minimum Gasteiger partial charge on any atom is -0.367 e. The monoisotopic (exact) mass is 346 g/mol. The van der Waals surface area contributed by atoms with Crippen LogP contribution in [0, 0.1) is 0 Å². The molecule has 0 aliphatic carbocycles. The lowest BCUT2D eigenvalue weighted by molar-refractivity contribution is 0.388. The van der Waals surface area contributed by atoms with E-state index in [2.05, 4.69) is 40.6 Å². The minimum absolute atomic E-state index is 0.281. The van der Waals surface area contributed by atoms with E-state index in [1.807, 2.05) is 30.1 Å². The highest BCUT2D eigenvalue weighted by atomic mass is 32.2. The van der Waals surface area contributed by atoms with Crippen molar-refractivity contribution in [3.05, 3.63) is 42.2 Å². The van der Waals surface area contributed by atoms with E-state index in [0.29, 0.717) is 6.04 Å². The van der Waals surface area contributed by atoms with Crippen LogP contribution in [0.2, 0.25) is 0 Å². The first-order chi connectivity index (χ1) is 11.5. The number of benzene rings is 1. The Morgan fingerprint density at radius 2 is 2.08 bits per heavy atom. The van der Waals surface area contributed by atoms with Crippen LogP contribution in [0.1, 0.15) is 31.4 Å². The molecule has 130 valence electrons. The molecule has 1 aliphatic rings. The number of anilines is 1. The van der Waals surface area contributed by atoms with Crippen molar-refractivity contribution in [3.63, 3.8) is 0 Å². The molecule has 3 rings (SSSR count). The number of hydrogen-bond donors (Lipinski definition) is 1. The van der Waals surface area contributed by atoms with Crippen LogP contribution in [0.5, 0.6) is 0 Å². The molecular weight excluding hydrogens is 320 g/mol. The van der Waals surface area contributed by atoms with Crippen LogP contribution in [0.15, 0.2) is 41.6 Å². The van der Waals surface area contributed by atoms with Crippen molar-refractivity contribution < 1.29 is 4.21 Å².